The molecule has 3 aromatic carbocycles. The first-order valence-electron chi connectivity index (χ1n) is 8.50. The van der Waals surface area contributed by atoms with Gasteiger partial charge in [0.15, 0.2) is 0 Å². The van der Waals surface area contributed by atoms with E-state index in [1.54, 1.807) is 12.1 Å². The fraction of sp³-hybridized carbons (Fsp3) is 0.190. The van der Waals surface area contributed by atoms with Gasteiger partial charge in [-0.2, -0.15) is 0 Å². The number of hydrogen-bond donors (Lipinski definition) is 2. The number of nitrogens with one attached hydrogen (secondary N) is 1. The van der Waals surface area contributed by atoms with Crippen molar-refractivity contribution in [2.24, 2.45) is 0 Å². The highest BCUT2D eigenvalue weighted by atomic mass is 35.5. The summed E-state index contributed by atoms with van der Waals surface area (Å²) in [6.45, 7) is 3.28. The number of carbonyl (C=O) groups is 1. The van der Waals surface area contributed by atoms with Gasteiger partial charge in [-0.15, -0.1) is 0 Å². The first-order valence-corrected chi connectivity index (χ1v) is 8.88. The van der Waals surface area contributed by atoms with Crippen molar-refractivity contribution in [1.29, 1.82) is 0 Å². The Morgan fingerprint density at radius 2 is 1.96 bits per heavy atom. The molecule has 0 saturated carbocycles. The molecular formula is C21H20ClNO3. The van der Waals surface area contributed by atoms with Gasteiger partial charge in [-0.05, 0) is 41.5 Å². The zero-order valence-electron chi connectivity index (χ0n) is 14.5. The van der Waals surface area contributed by atoms with Gasteiger partial charge in [-0.3, -0.25) is 0 Å². The van der Waals surface area contributed by atoms with Gasteiger partial charge in [-0.1, -0.05) is 48.9 Å². The van der Waals surface area contributed by atoms with E-state index in [0.29, 0.717) is 13.2 Å². The smallest absolute Gasteiger partial charge is 0.337 e. The van der Waals surface area contributed by atoms with Gasteiger partial charge < -0.3 is 15.2 Å². The molecule has 134 valence electrons. The Hall–Kier alpha value is -2.72. The van der Waals surface area contributed by atoms with E-state index in [0.717, 1.165) is 34.2 Å². The fourth-order valence-electron chi connectivity index (χ4n) is 2.83. The van der Waals surface area contributed by atoms with Crippen molar-refractivity contribution in [2.45, 2.75) is 19.9 Å². The lowest BCUT2D eigenvalue weighted by Gasteiger charge is -2.15. The molecular weight excluding hydrogens is 350 g/mol. The number of carboxylic acid groups (broad SMARTS) is 1. The number of rotatable bonds is 7. The first kappa shape index (κ1) is 18.1. The number of aromatic carboxylic acids is 1. The topological polar surface area (TPSA) is 58.6 Å². The molecule has 0 bridgehead atoms. The van der Waals surface area contributed by atoms with Crippen LogP contribution in [-0.4, -0.2) is 17.7 Å². The second kappa shape index (κ2) is 8.11. The molecule has 0 aliphatic rings. The van der Waals surface area contributed by atoms with Crippen LogP contribution in [-0.2, 0) is 6.54 Å². The summed E-state index contributed by atoms with van der Waals surface area (Å²) >= 11 is 6.06. The van der Waals surface area contributed by atoms with Crippen LogP contribution >= 0.6 is 11.6 Å². The standard InChI is InChI=1S/C21H20ClNO3/c1-2-11-26-20-10-7-14-5-3-4-6-16(14)18(20)13-23-15-8-9-17(21(24)25)19(22)12-15/h3-10,12,23H,2,11,13H2,1H3,(H,24,25). The van der Waals surface area contributed by atoms with Gasteiger partial charge in [0.1, 0.15) is 5.75 Å². The van der Waals surface area contributed by atoms with Crippen LogP contribution in [0.25, 0.3) is 10.8 Å². The van der Waals surface area contributed by atoms with Crippen LogP contribution < -0.4 is 10.1 Å². The summed E-state index contributed by atoms with van der Waals surface area (Å²) in [7, 11) is 0. The number of fused-ring (bicyclic) bond motifs is 1. The van der Waals surface area contributed by atoms with Crippen molar-refractivity contribution < 1.29 is 14.6 Å². The first-order chi connectivity index (χ1) is 12.6. The van der Waals surface area contributed by atoms with Crippen molar-refractivity contribution in [3.8, 4) is 5.75 Å². The van der Waals surface area contributed by atoms with E-state index in [1.807, 2.05) is 18.2 Å². The van der Waals surface area contributed by atoms with E-state index in [2.05, 4.69) is 30.4 Å². The zero-order valence-corrected chi connectivity index (χ0v) is 15.2. The average molecular weight is 370 g/mol. The Balaban J connectivity index is 1.89. The predicted octanol–water partition coefficient (Wildman–Crippen LogP) is 5.59. The van der Waals surface area contributed by atoms with Gasteiger partial charge in [0.2, 0.25) is 0 Å². The highest BCUT2D eigenvalue weighted by molar-refractivity contribution is 6.33. The molecule has 3 rings (SSSR count). The Bertz CT molecular complexity index is 940. The van der Waals surface area contributed by atoms with Crippen LogP contribution in [0.3, 0.4) is 0 Å². The van der Waals surface area contributed by atoms with Crippen LogP contribution in [0.15, 0.2) is 54.6 Å². The van der Waals surface area contributed by atoms with Crippen LogP contribution in [0.1, 0.15) is 29.3 Å². The average Bonchev–Trinajstić information content (AvgIpc) is 2.64. The number of halogens is 1. The number of anilines is 1. The van der Waals surface area contributed by atoms with Crippen LogP contribution in [0.4, 0.5) is 5.69 Å². The lowest BCUT2D eigenvalue weighted by Crippen LogP contribution is -2.05. The minimum absolute atomic E-state index is 0.0920. The maximum atomic E-state index is 11.1. The molecule has 0 fully saturated rings. The molecule has 4 nitrogen and oxygen atoms in total. The van der Waals surface area contributed by atoms with Gasteiger partial charge in [0, 0.05) is 17.8 Å². The summed E-state index contributed by atoms with van der Waals surface area (Å²) in [5.41, 5.74) is 1.92. The molecule has 0 aliphatic heterocycles. The van der Waals surface area contributed by atoms with Crippen molar-refractivity contribution in [3.05, 3.63) is 70.7 Å². The Morgan fingerprint density at radius 3 is 2.69 bits per heavy atom. The highest BCUT2D eigenvalue weighted by Crippen LogP contribution is 2.30. The maximum absolute atomic E-state index is 11.1. The Morgan fingerprint density at radius 1 is 1.15 bits per heavy atom. The third-order valence-electron chi connectivity index (χ3n) is 4.13. The quantitative estimate of drug-likeness (QED) is 0.569. The van der Waals surface area contributed by atoms with E-state index in [1.165, 1.54) is 6.07 Å². The van der Waals surface area contributed by atoms with Crippen molar-refractivity contribution in [1.82, 2.24) is 0 Å². The van der Waals surface area contributed by atoms with Crippen LogP contribution in [0, 0.1) is 0 Å². The third kappa shape index (κ3) is 3.92. The normalized spacial score (nSPS) is 10.7. The molecule has 0 unspecified atom stereocenters. The molecule has 0 radical (unpaired) electrons. The van der Waals surface area contributed by atoms with Crippen molar-refractivity contribution in [3.63, 3.8) is 0 Å². The van der Waals surface area contributed by atoms with E-state index in [4.69, 9.17) is 21.4 Å². The summed E-state index contributed by atoms with van der Waals surface area (Å²) in [6.07, 6.45) is 0.936. The number of carboxylic acids is 1. The molecule has 5 heteroatoms. The SMILES string of the molecule is CCCOc1ccc2ccccc2c1CNc1ccc(C(=O)O)c(Cl)c1. The van der Waals surface area contributed by atoms with Gasteiger partial charge >= 0.3 is 5.97 Å². The summed E-state index contributed by atoms with van der Waals surface area (Å²) in [4.78, 5) is 11.1. The fourth-order valence-corrected chi connectivity index (χ4v) is 3.10. The molecule has 0 spiro atoms. The van der Waals surface area contributed by atoms with E-state index in [-0.39, 0.29) is 10.6 Å². The number of hydrogen-bond acceptors (Lipinski definition) is 3. The molecule has 0 atom stereocenters. The summed E-state index contributed by atoms with van der Waals surface area (Å²) < 4.78 is 5.91. The van der Waals surface area contributed by atoms with E-state index < -0.39 is 5.97 Å². The number of benzene rings is 3. The highest BCUT2D eigenvalue weighted by Gasteiger charge is 2.11. The summed E-state index contributed by atoms with van der Waals surface area (Å²) in [6, 6.07) is 17.1. The molecule has 0 aromatic heterocycles. The van der Waals surface area contributed by atoms with Crippen LogP contribution in [0.2, 0.25) is 5.02 Å². The van der Waals surface area contributed by atoms with Gasteiger partial charge in [0.25, 0.3) is 0 Å². The lowest BCUT2D eigenvalue weighted by atomic mass is 10.0. The molecule has 0 amide bonds. The molecule has 3 aromatic rings. The van der Waals surface area contributed by atoms with E-state index in [9.17, 15) is 4.79 Å². The minimum Gasteiger partial charge on any atom is -0.493 e. The monoisotopic (exact) mass is 369 g/mol. The van der Waals surface area contributed by atoms with Gasteiger partial charge in [-0.25, -0.2) is 4.79 Å². The number of ether oxygens (including phenoxy) is 1. The summed E-state index contributed by atoms with van der Waals surface area (Å²) in [5, 5.41) is 14.9. The molecule has 0 saturated heterocycles. The maximum Gasteiger partial charge on any atom is 0.337 e. The minimum atomic E-state index is -1.04. The predicted molar refractivity (Wildman–Crippen MR) is 105 cm³/mol. The van der Waals surface area contributed by atoms with Crippen molar-refractivity contribution >= 4 is 34.0 Å². The zero-order chi connectivity index (χ0) is 18.5. The molecule has 2 N–H and O–H groups in total. The molecule has 0 heterocycles. The lowest BCUT2D eigenvalue weighted by molar-refractivity contribution is 0.0697. The summed E-state index contributed by atoms with van der Waals surface area (Å²) in [5.74, 6) is -0.183. The Kier molecular flexibility index (Phi) is 5.64. The Labute approximate surface area is 157 Å². The largest absolute Gasteiger partial charge is 0.493 e. The second-order valence-electron chi connectivity index (χ2n) is 5.97. The third-order valence-corrected chi connectivity index (χ3v) is 4.44. The molecule has 26 heavy (non-hydrogen) atoms. The second-order valence-corrected chi connectivity index (χ2v) is 6.37. The molecule has 0 aliphatic carbocycles. The van der Waals surface area contributed by atoms with E-state index >= 15 is 0 Å². The van der Waals surface area contributed by atoms with Crippen molar-refractivity contribution in [2.75, 3.05) is 11.9 Å². The van der Waals surface area contributed by atoms with Gasteiger partial charge in [0.05, 0.1) is 17.2 Å². The van der Waals surface area contributed by atoms with Crippen LogP contribution in [0.5, 0.6) is 5.75 Å².